The Bertz CT molecular complexity index is 1220. The SMILES string of the molecule is COc1ccc(Cl)cc1N(CC(=O)N(Cc1cccc(Br)c1)C(C)C(=O)NC1CCCCC1)S(C)(=O)=O. The summed E-state index contributed by atoms with van der Waals surface area (Å²) < 4.78 is 32.7. The molecule has 1 unspecified atom stereocenters. The smallest absolute Gasteiger partial charge is 0.244 e. The Labute approximate surface area is 232 Å². The van der Waals surface area contributed by atoms with Gasteiger partial charge >= 0.3 is 0 Å². The Morgan fingerprint density at radius 1 is 1.16 bits per heavy atom. The van der Waals surface area contributed by atoms with E-state index in [9.17, 15) is 18.0 Å². The predicted molar refractivity (Wildman–Crippen MR) is 149 cm³/mol. The Balaban J connectivity index is 1.92. The molecule has 8 nitrogen and oxygen atoms in total. The van der Waals surface area contributed by atoms with Gasteiger partial charge in [-0.1, -0.05) is 58.9 Å². The molecule has 3 rings (SSSR count). The molecule has 0 aliphatic heterocycles. The van der Waals surface area contributed by atoms with Gasteiger partial charge in [-0.25, -0.2) is 8.42 Å². The molecule has 0 heterocycles. The number of hydrogen-bond donors (Lipinski definition) is 1. The van der Waals surface area contributed by atoms with E-state index >= 15 is 0 Å². The maximum atomic E-state index is 13.7. The van der Waals surface area contributed by atoms with Gasteiger partial charge in [-0.2, -0.15) is 0 Å². The zero-order valence-electron chi connectivity index (χ0n) is 21.2. The molecule has 1 atom stereocenters. The summed E-state index contributed by atoms with van der Waals surface area (Å²) in [5.41, 5.74) is 0.943. The highest BCUT2D eigenvalue weighted by molar-refractivity contribution is 9.10. The number of nitrogens with one attached hydrogen (secondary N) is 1. The van der Waals surface area contributed by atoms with Crippen LogP contribution in [0.15, 0.2) is 46.9 Å². The highest BCUT2D eigenvalue weighted by Crippen LogP contribution is 2.33. The van der Waals surface area contributed by atoms with Crippen molar-refractivity contribution in [3.63, 3.8) is 0 Å². The number of benzene rings is 2. The molecule has 0 bridgehead atoms. The van der Waals surface area contributed by atoms with Gasteiger partial charge in [-0.15, -0.1) is 0 Å². The second-order valence-corrected chi connectivity index (χ2v) is 12.5. The van der Waals surface area contributed by atoms with Crippen LogP contribution >= 0.6 is 27.5 Å². The van der Waals surface area contributed by atoms with E-state index in [-0.39, 0.29) is 29.9 Å². The normalized spacial score (nSPS) is 15.1. The summed E-state index contributed by atoms with van der Waals surface area (Å²) in [5, 5.41) is 3.38. The summed E-state index contributed by atoms with van der Waals surface area (Å²) in [6.45, 7) is 1.27. The van der Waals surface area contributed by atoms with Gasteiger partial charge in [0.25, 0.3) is 0 Å². The molecular weight excluding hydrogens is 582 g/mol. The summed E-state index contributed by atoms with van der Waals surface area (Å²) in [4.78, 5) is 28.4. The molecular formula is C26H33BrClN3O5S. The third kappa shape index (κ3) is 8.09. The Kier molecular flexibility index (Phi) is 10.3. The highest BCUT2D eigenvalue weighted by Gasteiger charge is 2.32. The van der Waals surface area contributed by atoms with Crippen LogP contribution in [0.2, 0.25) is 5.02 Å². The zero-order valence-corrected chi connectivity index (χ0v) is 24.4. The standard InChI is InChI=1S/C26H33BrClN3O5S/c1-18(26(33)29-22-10-5-4-6-11-22)30(16-19-8-7-9-20(27)14-19)25(32)17-31(37(3,34)35)23-15-21(28)12-13-24(23)36-2/h7-9,12-15,18,22H,4-6,10-11,16-17H2,1-3H3,(H,29,33). The van der Waals surface area contributed by atoms with Gasteiger partial charge in [-0.05, 0) is 55.7 Å². The van der Waals surface area contributed by atoms with Gasteiger partial charge in [0, 0.05) is 22.1 Å². The molecule has 0 radical (unpaired) electrons. The number of amides is 2. The van der Waals surface area contributed by atoms with E-state index in [1.165, 1.54) is 18.1 Å². The van der Waals surface area contributed by atoms with E-state index < -0.39 is 28.5 Å². The summed E-state index contributed by atoms with van der Waals surface area (Å²) >= 11 is 9.59. The van der Waals surface area contributed by atoms with Crippen LogP contribution in [0, 0.1) is 0 Å². The maximum absolute atomic E-state index is 13.7. The molecule has 202 valence electrons. The average molecular weight is 615 g/mol. The van der Waals surface area contributed by atoms with Crippen molar-refractivity contribution >= 4 is 55.1 Å². The fourth-order valence-corrected chi connectivity index (χ4v) is 5.89. The van der Waals surface area contributed by atoms with Gasteiger partial charge in [-0.3, -0.25) is 13.9 Å². The monoisotopic (exact) mass is 613 g/mol. The van der Waals surface area contributed by atoms with Crippen LogP contribution in [0.5, 0.6) is 5.75 Å². The Morgan fingerprint density at radius 2 is 1.86 bits per heavy atom. The van der Waals surface area contributed by atoms with Crippen molar-refractivity contribution in [3.8, 4) is 5.75 Å². The van der Waals surface area contributed by atoms with Crippen molar-refractivity contribution in [2.75, 3.05) is 24.2 Å². The van der Waals surface area contributed by atoms with E-state index in [0.717, 1.165) is 52.7 Å². The molecule has 1 N–H and O–H groups in total. The van der Waals surface area contributed by atoms with Crippen molar-refractivity contribution in [1.29, 1.82) is 0 Å². The van der Waals surface area contributed by atoms with E-state index in [1.54, 1.807) is 19.1 Å². The van der Waals surface area contributed by atoms with Crippen LogP contribution in [-0.2, 0) is 26.2 Å². The molecule has 2 amide bonds. The highest BCUT2D eigenvalue weighted by atomic mass is 79.9. The average Bonchev–Trinajstić information content (AvgIpc) is 2.85. The minimum atomic E-state index is -3.90. The van der Waals surface area contributed by atoms with Crippen LogP contribution in [0.1, 0.15) is 44.6 Å². The van der Waals surface area contributed by atoms with Crippen LogP contribution in [0.4, 0.5) is 5.69 Å². The molecule has 1 saturated carbocycles. The number of carbonyl (C=O) groups is 2. The Hall–Kier alpha value is -2.30. The third-order valence-corrected chi connectivity index (χ3v) is 8.30. The van der Waals surface area contributed by atoms with Crippen molar-refractivity contribution < 1.29 is 22.7 Å². The predicted octanol–water partition coefficient (Wildman–Crippen LogP) is 4.74. The lowest BCUT2D eigenvalue weighted by atomic mass is 9.95. The van der Waals surface area contributed by atoms with Crippen LogP contribution in [0.3, 0.4) is 0 Å². The van der Waals surface area contributed by atoms with Gasteiger partial charge < -0.3 is 15.0 Å². The molecule has 0 aromatic heterocycles. The fraction of sp³-hybridized carbons (Fsp3) is 0.462. The quantitative estimate of drug-likeness (QED) is 0.417. The molecule has 2 aromatic rings. The molecule has 37 heavy (non-hydrogen) atoms. The number of nitrogens with zero attached hydrogens (tertiary/aromatic N) is 2. The number of halogens is 2. The molecule has 1 aliphatic carbocycles. The summed E-state index contributed by atoms with van der Waals surface area (Å²) in [6, 6.07) is 11.2. The molecule has 1 fully saturated rings. The van der Waals surface area contributed by atoms with Crippen molar-refractivity contribution in [3.05, 3.63) is 57.5 Å². The summed E-state index contributed by atoms with van der Waals surface area (Å²) in [7, 11) is -2.50. The van der Waals surface area contributed by atoms with E-state index in [2.05, 4.69) is 21.2 Å². The molecule has 0 saturated heterocycles. The first-order valence-corrected chi connectivity index (χ1v) is 15.2. The van der Waals surface area contributed by atoms with Crippen molar-refractivity contribution in [2.45, 2.75) is 57.7 Å². The summed E-state index contributed by atoms with van der Waals surface area (Å²) in [6.07, 6.45) is 6.11. The van der Waals surface area contributed by atoms with Crippen molar-refractivity contribution in [1.82, 2.24) is 10.2 Å². The van der Waals surface area contributed by atoms with Gasteiger partial charge in [0.15, 0.2) is 0 Å². The van der Waals surface area contributed by atoms with Crippen LogP contribution in [-0.4, -0.2) is 57.1 Å². The fourth-order valence-electron chi connectivity index (χ4n) is 4.44. The van der Waals surface area contributed by atoms with Gasteiger partial charge in [0.05, 0.1) is 19.1 Å². The lowest BCUT2D eigenvalue weighted by Gasteiger charge is -2.33. The lowest BCUT2D eigenvalue weighted by Crippen LogP contribution is -2.53. The second kappa shape index (κ2) is 13.0. The first-order chi connectivity index (χ1) is 17.5. The minimum absolute atomic E-state index is 0.0785. The molecule has 2 aromatic carbocycles. The summed E-state index contributed by atoms with van der Waals surface area (Å²) in [5.74, 6) is -0.538. The minimum Gasteiger partial charge on any atom is -0.495 e. The van der Waals surface area contributed by atoms with E-state index in [0.29, 0.717) is 5.02 Å². The topological polar surface area (TPSA) is 96.0 Å². The first-order valence-electron chi connectivity index (χ1n) is 12.1. The number of ether oxygens (including phenoxy) is 1. The Morgan fingerprint density at radius 3 is 2.49 bits per heavy atom. The lowest BCUT2D eigenvalue weighted by molar-refractivity contribution is -0.139. The van der Waals surface area contributed by atoms with Crippen LogP contribution < -0.4 is 14.4 Å². The van der Waals surface area contributed by atoms with Crippen LogP contribution in [0.25, 0.3) is 0 Å². The third-order valence-electron chi connectivity index (χ3n) is 6.45. The number of anilines is 1. The first kappa shape index (κ1) is 29.3. The number of hydrogen-bond acceptors (Lipinski definition) is 5. The maximum Gasteiger partial charge on any atom is 0.244 e. The van der Waals surface area contributed by atoms with Gasteiger partial charge in [0.2, 0.25) is 21.8 Å². The molecule has 1 aliphatic rings. The number of sulfonamides is 1. The zero-order chi connectivity index (χ0) is 27.2. The largest absolute Gasteiger partial charge is 0.495 e. The van der Waals surface area contributed by atoms with E-state index in [1.807, 2.05) is 24.3 Å². The molecule has 11 heteroatoms. The number of methoxy groups -OCH3 is 1. The van der Waals surface area contributed by atoms with Crippen molar-refractivity contribution in [2.24, 2.45) is 0 Å². The number of carbonyl (C=O) groups excluding carboxylic acids is 2. The second-order valence-electron chi connectivity index (χ2n) is 9.26. The number of rotatable bonds is 10. The molecule has 0 spiro atoms. The van der Waals surface area contributed by atoms with E-state index in [4.69, 9.17) is 16.3 Å². The van der Waals surface area contributed by atoms with Gasteiger partial charge in [0.1, 0.15) is 18.3 Å².